The molecule has 1 unspecified atom stereocenters. The first-order valence-corrected chi connectivity index (χ1v) is 8.25. The Labute approximate surface area is 149 Å². The van der Waals surface area contributed by atoms with Gasteiger partial charge in [0.15, 0.2) is 0 Å². The molecule has 2 atom stereocenters. The van der Waals surface area contributed by atoms with E-state index in [9.17, 15) is 14.7 Å². The second kappa shape index (κ2) is 7.63. The van der Waals surface area contributed by atoms with Crippen LogP contribution in [0.4, 0.5) is 9.59 Å². The van der Waals surface area contributed by atoms with E-state index in [2.05, 4.69) is 10.3 Å². The van der Waals surface area contributed by atoms with Gasteiger partial charge in [0.25, 0.3) is 0 Å². The average Bonchev–Trinajstić information content (AvgIpc) is 2.80. The van der Waals surface area contributed by atoms with Crippen molar-refractivity contribution < 1.29 is 28.7 Å². The summed E-state index contributed by atoms with van der Waals surface area (Å²) in [5.41, 5.74) is -0.533. The van der Waals surface area contributed by atoms with Crippen molar-refractivity contribution in [3.63, 3.8) is 0 Å². The van der Waals surface area contributed by atoms with Gasteiger partial charge in [0.1, 0.15) is 17.5 Å². The Morgan fingerprint density at radius 2 is 1.84 bits per heavy atom. The number of ether oxygens (including phenoxy) is 2. The maximum atomic E-state index is 12.3. The van der Waals surface area contributed by atoms with Crippen molar-refractivity contribution >= 4 is 18.5 Å². The molecule has 1 aliphatic heterocycles. The number of carboxylic acid groups (broad SMARTS) is 1. The Hall–Kier alpha value is -1.77. The maximum absolute atomic E-state index is 12.3. The van der Waals surface area contributed by atoms with Gasteiger partial charge < -0.3 is 14.6 Å². The zero-order chi connectivity index (χ0) is 19.5. The number of nitrogens with one attached hydrogen (secondary N) is 1. The van der Waals surface area contributed by atoms with E-state index in [1.807, 2.05) is 27.7 Å². The number of carbonyl (C=O) groups is 2. The van der Waals surface area contributed by atoms with Crippen molar-refractivity contribution in [1.29, 1.82) is 0 Å². The molecule has 1 heterocycles. The van der Waals surface area contributed by atoms with Gasteiger partial charge in [0, 0.05) is 12.5 Å². The van der Waals surface area contributed by atoms with Crippen LogP contribution in [-0.2, 0) is 9.47 Å². The first kappa shape index (κ1) is 21.3. The Kier molecular flexibility index (Phi) is 6.50. The predicted molar refractivity (Wildman–Crippen MR) is 94.0 cm³/mol. The molecule has 0 saturated heterocycles. The molecule has 0 aliphatic carbocycles. The summed E-state index contributed by atoms with van der Waals surface area (Å²) in [7, 11) is 0. The lowest BCUT2D eigenvalue weighted by Crippen LogP contribution is -2.52. The smallest absolute Gasteiger partial charge is 0.434 e. The van der Waals surface area contributed by atoms with Crippen LogP contribution in [0.3, 0.4) is 0 Å². The summed E-state index contributed by atoms with van der Waals surface area (Å²) in [5, 5.41) is 12.7. The van der Waals surface area contributed by atoms with Crippen molar-refractivity contribution in [2.75, 3.05) is 6.73 Å². The lowest BCUT2D eigenvalue weighted by atomic mass is 10.2. The molecule has 8 nitrogen and oxygen atoms in total. The number of quaternary nitrogens is 1. The van der Waals surface area contributed by atoms with E-state index in [-0.39, 0.29) is 11.6 Å². The lowest BCUT2D eigenvalue weighted by Gasteiger charge is -2.23. The van der Waals surface area contributed by atoms with Crippen molar-refractivity contribution in [2.45, 2.75) is 72.1 Å². The molecule has 25 heavy (non-hydrogen) atoms. The highest BCUT2D eigenvalue weighted by Crippen LogP contribution is 2.24. The first-order valence-electron chi connectivity index (χ1n) is 8.25. The van der Waals surface area contributed by atoms with Crippen LogP contribution in [0.25, 0.3) is 0 Å². The number of imide groups is 1. The number of amides is 2. The van der Waals surface area contributed by atoms with Gasteiger partial charge in [0.05, 0.1) is 12.3 Å². The summed E-state index contributed by atoms with van der Waals surface area (Å²) in [5.74, 6) is 0. The largest absolute Gasteiger partial charge is 0.538 e. The zero-order valence-corrected chi connectivity index (χ0v) is 16.1. The van der Waals surface area contributed by atoms with Crippen LogP contribution in [0, 0.1) is 0 Å². The van der Waals surface area contributed by atoms with Crippen LogP contribution in [0.15, 0.2) is 16.9 Å². The lowest BCUT2D eigenvalue weighted by molar-refractivity contribution is -0.622. The molecule has 1 rings (SSSR count). The number of aliphatic imine (C=N–C) groups is 1. The molecule has 0 aromatic heterocycles. The van der Waals surface area contributed by atoms with Gasteiger partial charge in [-0.05, 0) is 48.5 Å². The van der Waals surface area contributed by atoms with Gasteiger partial charge in [-0.25, -0.2) is 4.99 Å². The summed E-state index contributed by atoms with van der Waals surface area (Å²) in [6.07, 6.45) is 0.601. The molecule has 2 N–H and O–H groups in total. The number of rotatable bonds is 5. The zero-order valence-electron chi connectivity index (χ0n) is 16.1. The number of carbonyl (C=O) groups excluding carboxylic acids is 1. The molecule has 0 fully saturated rings. The second-order valence-corrected chi connectivity index (χ2v) is 8.12. The molecule has 142 valence electrons. The molecule has 0 spiro atoms. The first-order chi connectivity index (χ1) is 11.3. The van der Waals surface area contributed by atoms with Gasteiger partial charge >= 0.3 is 12.2 Å². The molecular formula is C17H30N3O5+. The monoisotopic (exact) mass is 356 g/mol. The maximum Gasteiger partial charge on any atom is 0.538 e. The van der Waals surface area contributed by atoms with Crippen molar-refractivity contribution in [3.05, 3.63) is 11.9 Å². The number of nitrogens with zero attached hydrogens (tertiary/aromatic N) is 2. The topological polar surface area (TPSA) is 97.2 Å². The van der Waals surface area contributed by atoms with Crippen LogP contribution in [0.5, 0.6) is 0 Å². The van der Waals surface area contributed by atoms with Gasteiger partial charge in [-0.3, -0.25) is 5.32 Å². The summed E-state index contributed by atoms with van der Waals surface area (Å²) < 4.78 is 9.73. The highest BCUT2D eigenvalue weighted by molar-refractivity contribution is 5.88. The SMILES string of the molecule is C[C@H](CC1=C[N+](C(=O)O)(C(=O)OC(C)(C)C)C=N1)NCOC(C)(C)C. The third kappa shape index (κ3) is 6.56. The second-order valence-electron chi connectivity index (χ2n) is 8.12. The minimum absolute atomic E-state index is 0.00168. The summed E-state index contributed by atoms with van der Waals surface area (Å²) in [6.45, 7) is 13.2. The highest BCUT2D eigenvalue weighted by atomic mass is 16.6. The van der Waals surface area contributed by atoms with E-state index in [4.69, 9.17) is 9.47 Å². The summed E-state index contributed by atoms with van der Waals surface area (Å²) in [6, 6.07) is -0.00168. The van der Waals surface area contributed by atoms with Gasteiger partial charge in [-0.2, -0.15) is 9.59 Å². The molecular weight excluding hydrogens is 326 g/mol. The van der Waals surface area contributed by atoms with Crippen molar-refractivity contribution in [2.24, 2.45) is 4.99 Å². The van der Waals surface area contributed by atoms with Crippen LogP contribution < -0.4 is 5.32 Å². The fraction of sp³-hybridized carbons (Fsp3) is 0.706. The van der Waals surface area contributed by atoms with Crippen LogP contribution in [-0.4, -0.2) is 52.1 Å². The van der Waals surface area contributed by atoms with Crippen LogP contribution in [0.2, 0.25) is 0 Å². The van der Waals surface area contributed by atoms with E-state index >= 15 is 0 Å². The molecule has 0 radical (unpaired) electrons. The number of hydrogen-bond acceptors (Lipinski definition) is 6. The number of hydrogen-bond donors (Lipinski definition) is 2. The fourth-order valence-electron chi connectivity index (χ4n) is 1.98. The van der Waals surface area contributed by atoms with E-state index in [0.29, 0.717) is 18.8 Å². The normalized spacial score (nSPS) is 21.8. The Balaban J connectivity index is 2.75. The predicted octanol–water partition coefficient (Wildman–Crippen LogP) is 3.44. The minimum atomic E-state index is -1.36. The summed E-state index contributed by atoms with van der Waals surface area (Å²) >= 11 is 0. The van der Waals surface area contributed by atoms with Gasteiger partial charge in [-0.15, -0.1) is 0 Å². The molecule has 0 aromatic carbocycles. The van der Waals surface area contributed by atoms with Gasteiger partial charge in [0.2, 0.25) is 6.34 Å². The molecule has 0 bridgehead atoms. The molecule has 8 heteroatoms. The van der Waals surface area contributed by atoms with Gasteiger partial charge in [-0.1, -0.05) is 4.48 Å². The fourth-order valence-corrected chi connectivity index (χ4v) is 1.98. The third-order valence-electron chi connectivity index (χ3n) is 3.22. The average molecular weight is 356 g/mol. The standard InChI is InChI=1S/C17H29N3O5/c1-12(19-11-24-16(2,3)4)8-13-9-20(10-18-13,14(21)22)15(23)25-17(5,6)7/h9-10,12,19H,8,11H2,1-7H3/p+1/t12-,20?/m1/s1. The van der Waals surface area contributed by atoms with Crippen molar-refractivity contribution in [3.8, 4) is 0 Å². The third-order valence-corrected chi connectivity index (χ3v) is 3.22. The Morgan fingerprint density at radius 3 is 2.32 bits per heavy atom. The Bertz CT molecular complexity index is 572. The highest BCUT2D eigenvalue weighted by Gasteiger charge is 2.50. The van der Waals surface area contributed by atoms with E-state index in [1.165, 1.54) is 6.20 Å². The van der Waals surface area contributed by atoms with Crippen LogP contribution in [0.1, 0.15) is 54.9 Å². The van der Waals surface area contributed by atoms with E-state index in [0.717, 1.165) is 6.34 Å². The molecule has 0 saturated carbocycles. The van der Waals surface area contributed by atoms with E-state index in [1.54, 1.807) is 20.8 Å². The molecule has 2 amide bonds. The summed E-state index contributed by atoms with van der Waals surface area (Å²) in [4.78, 5) is 28.1. The quantitative estimate of drug-likeness (QED) is 0.578. The van der Waals surface area contributed by atoms with Crippen molar-refractivity contribution in [1.82, 2.24) is 5.32 Å². The molecule has 1 aliphatic rings. The van der Waals surface area contributed by atoms with Crippen LogP contribution >= 0.6 is 0 Å². The minimum Gasteiger partial charge on any atom is -0.434 e. The molecule has 0 aromatic rings. The van der Waals surface area contributed by atoms with E-state index < -0.39 is 22.3 Å². The Morgan fingerprint density at radius 1 is 1.24 bits per heavy atom.